The number of aliphatic hydroxyl groups is 2. The maximum atomic E-state index is 13.2. The van der Waals surface area contributed by atoms with Gasteiger partial charge >= 0.3 is 0 Å². The number of fused-ring (bicyclic) bond motifs is 2. The first-order valence-corrected chi connectivity index (χ1v) is 9.52. The predicted octanol–water partition coefficient (Wildman–Crippen LogP) is 1.02. The molecule has 1 saturated heterocycles. The molecule has 0 aromatic heterocycles. The normalized spacial score (nSPS) is 35.3. The highest BCUT2D eigenvalue weighted by atomic mass is 16.3. The van der Waals surface area contributed by atoms with Crippen molar-refractivity contribution in [2.24, 2.45) is 11.8 Å². The van der Waals surface area contributed by atoms with E-state index >= 15 is 0 Å². The van der Waals surface area contributed by atoms with E-state index in [0.29, 0.717) is 24.7 Å². The Hall–Kier alpha value is -1.43. The third-order valence-corrected chi connectivity index (χ3v) is 6.46. The Morgan fingerprint density at radius 2 is 1.68 bits per heavy atom. The Labute approximate surface area is 149 Å². The maximum Gasteiger partial charge on any atom is 0.240 e. The zero-order valence-electron chi connectivity index (χ0n) is 14.8. The fourth-order valence-electron chi connectivity index (χ4n) is 4.95. The van der Waals surface area contributed by atoms with Gasteiger partial charge in [-0.2, -0.15) is 0 Å². The van der Waals surface area contributed by atoms with Crippen molar-refractivity contribution < 1.29 is 15.0 Å². The molecule has 136 valence electrons. The van der Waals surface area contributed by atoms with Crippen molar-refractivity contribution in [1.82, 2.24) is 9.80 Å². The molecule has 25 heavy (non-hydrogen) atoms. The van der Waals surface area contributed by atoms with Gasteiger partial charge in [-0.1, -0.05) is 31.2 Å². The molecule has 2 fully saturated rings. The minimum atomic E-state index is -0.634. The van der Waals surface area contributed by atoms with E-state index in [1.54, 1.807) is 0 Å². The Morgan fingerprint density at radius 3 is 2.28 bits per heavy atom. The average Bonchev–Trinajstić information content (AvgIpc) is 3.03. The van der Waals surface area contributed by atoms with Crippen molar-refractivity contribution in [3.63, 3.8) is 0 Å². The summed E-state index contributed by atoms with van der Waals surface area (Å²) >= 11 is 0. The lowest BCUT2D eigenvalue weighted by Crippen LogP contribution is -2.51. The molecule has 5 nitrogen and oxygen atoms in total. The van der Waals surface area contributed by atoms with Gasteiger partial charge < -0.3 is 15.1 Å². The Kier molecular flexibility index (Phi) is 4.56. The summed E-state index contributed by atoms with van der Waals surface area (Å²) in [6.45, 7) is 5.26. The van der Waals surface area contributed by atoms with Crippen LogP contribution < -0.4 is 0 Å². The highest BCUT2D eigenvalue weighted by Crippen LogP contribution is 2.37. The van der Waals surface area contributed by atoms with E-state index in [1.165, 1.54) is 11.1 Å². The van der Waals surface area contributed by atoms with E-state index < -0.39 is 12.2 Å². The van der Waals surface area contributed by atoms with Crippen LogP contribution in [-0.4, -0.2) is 63.8 Å². The second kappa shape index (κ2) is 6.71. The topological polar surface area (TPSA) is 64.0 Å². The summed E-state index contributed by atoms with van der Waals surface area (Å²) in [4.78, 5) is 17.5. The Balaban J connectivity index is 1.49. The molecule has 1 saturated carbocycles. The third-order valence-electron chi connectivity index (χ3n) is 6.46. The van der Waals surface area contributed by atoms with E-state index in [1.807, 2.05) is 4.90 Å². The summed E-state index contributed by atoms with van der Waals surface area (Å²) in [6, 6.07) is 8.33. The van der Waals surface area contributed by atoms with Crippen LogP contribution in [0.1, 0.15) is 30.9 Å². The van der Waals surface area contributed by atoms with E-state index in [-0.39, 0.29) is 11.9 Å². The van der Waals surface area contributed by atoms with Gasteiger partial charge in [-0.15, -0.1) is 0 Å². The van der Waals surface area contributed by atoms with Gasteiger partial charge in [0.1, 0.15) is 0 Å². The fraction of sp³-hybridized carbons (Fsp3) is 0.650. The number of hydrogen-bond acceptors (Lipinski definition) is 4. The van der Waals surface area contributed by atoms with Crippen molar-refractivity contribution >= 4 is 5.91 Å². The van der Waals surface area contributed by atoms with Crippen molar-refractivity contribution in [2.75, 3.05) is 19.6 Å². The van der Waals surface area contributed by atoms with Gasteiger partial charge in [0.05, 0.1) is 18.2 Å². The van der Waals surface area contributed by atoms with Gasteiger partial charge in [-0.05, 0) is 48.8 Å². The van der Waals surface area contributed by atoms with E-state index in [2.05, 4.69) is 36.1 Å². The van der Waals surface area contributed by atoms with Gasteiger partial charge in [0.15, 0.2) is 0 Å². The predicted molar refractivity (Wildman–Crippen MR) is 94.8 cm³/mol. The molecule has 2 N–H and O–H groups in total. The molecule has 2 aliphatic heterocycles. The molecule has 1 amide bonds. The minimum Gasteiger partial charge on any atom is -0.390 e. The Bertz CT molecular complexity index is 632. The minimum absolute atomic E-state index is 0.0881. The summed E-state index contributed by atoms with van der Waals surface area (Å²) in [5, 5.41) is 19.9. The van der Waals surface area contributed by atoms with Crippen LogP contribution in [0.25, 0.3) is 0 Å². The smallest absolute Gasteiger partial charge is 0.240 e. The van der Waals surface area contributed by atoms with Crippen LogP contribution in [0.5, 0.6) is 0 Å². The average molecular weight is 344 g/mol. The monoisotopic (exact) mass is 344 g/mol. The second-order valence-corrected chi connectivity index (χ2v) is 7.92. The first-order chi connectivity index (χ1) is 12.1. The van der Waals surface area contributed by atoms with Crippen molar-refractivity contribution in [1.29, 1.82) is 0 Å². The molecule has 0 spiro atoms. The number of benzene rings is 1. The first kappa shape index (κ1) is 17.0. The molecule has 1 aromatic carbocycles. The SMILES string of the molecule is CCN1Cc2ccccc2CC1C(=O)N1C[C@H]2C[C@H](O)[C@@H](O)C[C@H]2C1. The summed E-state index contributed by atoms with van der Waals surface area (Å²) in [5.74, 6) is 0.872. The van der Waals surface area contributed by atoms with Crippen LogP contribution in [0.15, 0.2) is 24.3 Å². The summed E-state index contributed by atoms with van der Waals surface area (Å²) < 4.78 is 0. The van der Waals surface area contributed by atoms with Crippen LogP contribution >= 0.6 is 0 Å². The number of nitrogens with zero attached hydrogens (tertiary/aromatic N) is 2. The zero-order chi connectivity index (χ0) is 17.6. The summed E-state index contributed by atoms with van der Waals surface area (Å²) in [6.07, 6.45) is 0.733. The van der Waals surface area contributed by atoms with Gasteiger partial charge in [-0.25, -0.2) is 0 Å². The van der Waals surface area contributed by atoms with E-state index in [0.717, 1.165) is 32.6 Å². The lowest BCUT2D eigenvalue weighted by molar-refractivity contribution is -0.136. The number of carbonyl (C=O) groups excluding carboxylic acids is 1. The largest absolute Gasteiger partial charge is 0.390 e. The van der Waals surface area contributed by atoms with Crippen molar-refractivity contribution in [3.05, 3.63) is 35.4 Å². The molecular weight excluding hydrogens is 316 g/mol. The van der Waals surface area contributed by atoms with E-state index in [9.17, 15) is 15.0 Å². The molecule has 0 radical (unpaired) electrons. The second-order valence-electron chi connectivity index (χ2n) is 7.92. The maximum absolute atomic E-state index is 13.2. The standard InChI is InChI=1S/C20H28N2O3/c1-2-21-10-14-6-4-3-5-13(14)7-17(21)20(25)22-11-15-8-18(23)19(24)9-16(15)12-22/h3-6,15-19,23-24H,2,7-12H2,1H3/t15-,16+,17?,18-,19-/m0/s1. The molecule has 1 aliphatic carbocycles. The van der Waals surface area contributed by atoms with Crippen LogP contribution in [0, 0.1) is 11.8 Å². The molecular formula is C20H28N2O3. The molecule has 4 rings (SSSR count). The number of carbonyl (C=O) groups is 1. The number of likely N-dealkylation sites (tertiary alicyclic amines) is 1. The lowest BCUT2D eigenvalue weighted by atomic mass is 9.79. The highest BCUT2D eigenvalue weighted by Gasteiger charge is 2.44. The molecule has 5 atom stereocenters. The Morgan fingerprint density at radius 1 is 1.08 bits per heavy atom. The fourth-order valence-corrected chi connectivity index (χ4v) is 4.95. The summed E-state index contributed by atoms with van der Waals surface area (Å²) in [5.41, 5.74) is 2.61. The number of likely N-dealkylation sites (N-methyl/N-ethyl adjacent to an activating group) is 1. The molecule has 3 aliphatic rings. The first-order valence-electron chi connectivity index (χ1n) is 9.52. The lowest BCUT2D eigenvalue weighted by Gasteiger charge is -2.37. The number of aliphatic hydroxyl groups excluding tert-OH is 2. The molecule has 1 unspecified atom stereocenters. The van der Waals surface area contributed by atoms with Crippen molar-refractivity contribution in [3.8, 4) is 0 Å². The molecule has 1 aromatic rings. The third kappa shape index (κ3) is 3.09. The van der Waals surface area contributed by atoms with Crippen LogP contribution in [0.3, 0.4) is 0 Å². The highest BCUT2D eigenvalue weighted by molar-refractivity contribution is 5.83. The van der Waals surface area contributed by atoms with Crippen LogP contribution in [0.4, 0.5) is 0 Å². The van der Waals surface area contributed by atoms with Gasteiger partial charge in [0, 0.05) is 19.6 Å². The summed E-state index contributed by atoms with van der Waals surface area (Å²) in [7, 11) is 0. The molecule has 5 heteroatoms. The van der Waals surface area contributed by atoms with Crippen LogP contribution in [-0.2, 0) is 17.8 Å². The number of rotatable bonds is 2. The van der Waals surface area contributed by atoms with Crippen molar-refractivity contribution in [2.45, 2.75) is 51.0 Å². The molecule has 2 heterocycles. The quantitative estimate of drug-likeness (QED) is 0.841. The van der Waals surface area contributed by atoms with E-state index in [4.69, 9.17) is 0 Å². The van der Waals surface area contributed by atoms with Gasteiger partial charge in [0.2, 0.25) is 5.91 Å². The number of hydrogen-bond donors (Lipinski definition) is 2. The van der Waals surface area contributed by atoms with Crippen LogP contribution in [0.2, 0.25) is 0 Å². The van der Waals surface area contributed by atoms with Gasteiger partial charge in [0.25, 0.3) is 0 Å². The zero-order valence-corrected chi connectivity index (χ0v) is 14.8. The number of amides is 1. The van der Waals surface area contributed by atoms with Gasteiger partial charge in [-0.3, -0.25) is 9.69 Å². The molecule has 0 bridgehead atoms.